The molecule has 0 aliphatic carbocycles. The van der Waals surface area contributed by atoms with Crippen molar-refractivity contribution >= 4 is 5.82 Å². The van der Waals surface area contributed by atoms with Crippen molar-refractivity contribution in [2.75, 3.05) is 24.5 Å². The Bertz CT molecular complexity index is 459. The van der Waals surface area contributed by atoms with E-state index in [1.807, 2.05) is 19.1 Å². The summed E-state index contributed by atoms with van der Waals surface area (Å²) in [5, 5.41) is 12.6. The molecule has 1 aliphatic rings. The number of hydrogen-bond donors (Lipinski definition) is 1. The summed E-state index contributed by atoms with van der Waals surface area (Å²) in [5.74, 6) is 0.819. The van der Waals surface area contributed by atoms with Gasteiger partial charge in [-0.25, -0.2) is 4.98 Å². The lowest BCUT2D eigenvalue weighted by Crippen LogP contribution is -2.58. The quantitative estimate of drug-likeness (QED) is 0.793. The number of anilines is 1. The highest BCUT2D eigenvalue weighted by atomic mass is 15.3. The lowest BCUT2D eigenvalue weighted by Gasteiger charge is -2.44. The van der Waals surface area contributed by atoms with Crippen LogP contribution in [0.1, 0.15) is 25.1 Å². The van der Waals surface area contributed by atoms with Gasteiger partial charge in [-0.1, -0.05) is 0 Å². The summed E-state index contributed by atoms with van der Waals surface area (Å²) >= 11 is 0. The Labute approximate surface area is 102 Å². The zero-order valence-electron chi connectivity index (χ0n) is 10.6. The van der Waals surface area contributed by atoms with Gasteiger partial charge in [-0.3, -0.25) is 0 Å². The molecule has 0 amide bonds. The summed E-state index contributed by atoms with van der Waals surface area (Å²) in [4.78, 5) is 6.77. The van der Waals surface area contributed by atoms with Crippen molar-refractivity contribution in [3.63, 3.8) is 0 Å². The van der Waals surface area contributed by atoms with E-state index in [4.69, 9.17) is 0 Å². The maximum Gasteiger partial charge on any atom is 0.147 e. The van der Waals surface area contributed by atoms with Gasteiger partial charge in [-0.05, 0) is 32.9 Å². The van der Waals surface area contributed by atoms with Gasteiger partial charge >= 0.3 is 0 Å². The second kappa shape index (κ2) is 4.34. The number of hydrogen-bond acceptors (Lipinski definition) is 4. The van der Waals surface area contributed by atoms with E-state index in [1.54, 1.807) is 0 Å². The molecule has 4 nitrogen and oxygen atoms in total. The Kier molecular flexibility index (Phi) is 3.03. The second-order valence-electron chi connectivity index (χ2n) is 5.08. The van der Waals surface area contributed by atoms with Crippen LogP contribution < -0.4 is 10.2 Å². The van der Waals surface area contributed by atoms with E-state index < -0.39 is 0 Å². The number of aryl methyl sites for hydroxylation is 1. The summed E-state index contributed by atoms with van der Waals surface area (Å²) < 4.78 is 0. The highest BCUT2D eigenvalue weighted by Gasteiger charge is 2.31. The third-order valence-corrected chi connectivity index (χ3v) is 3.19. The molecule has 1 saturated heterocycles. The molecule has 0 spiro atoms. The van der Waals surface area contributed by atoms with Crippen molar-refractivity contribution in [1.29, 1.82) is 5.26 Å². The van der Waals surface area contributed by atoms with E-state index in [-0.39, 0.29) is 5.54 Å². The van der Waals surface area contributed by atoms with E-state index >= 15 is 0 Å². The maximum atomic E-state index is 9.18. The lowest BCUT2D eigenvalue weighted by molar-refractivity contribution is 0.377. The SMILES string of the molecule is Cc1ccc(C#N)c(N2CCNCC2(C)C)n1. The molecule has 17 heavy (non-hydrogen) atoms. The van der Waals surface area contributed by atoms with Gasteiger partial charge in [0.15, 0.2) is 0 Å². The highest BCUT2D eigenvalue weighted by molar-refractivity contribution is 5.56. The molecule has 0 bridgehead atoms. The molecule has 1 N–H and O–H groups in total. The molecule has 1 fully saturated rings. The Balaban J connectivity index is 2.45. The minimum absolute atomic E-state index is 0.00928. The molecular weight excluding hydrogens is 212 g/mol. The Morgan fingerprint density at radius 2 is 2.24 bits per heavy atom. The minimum Gasteiger partial charge on any atom is -0.348 e. The number of nitrogens with one attached hydrogen (secondary N) is 1. The van der Waals surface area contributed by atoms with Gasteiger partial charge in [-0.2, -0.15) is 5.26 Å². The van der Waals surface area contributed by atoms with Gasteiger partial charge in [0.25, 0.3) is 0 Å². The molecule has 90 valence electrons. The molecular formula is C13H18N4. The van der Waals surface area contributed by atoms with Crippen LogP contribution in [-0.2, 0) is 0 Å². The van der Waals surface area contributed by atoms with Gasteiger partial charge in [0, 0.05) is 30.9 Å². The van der Waals surface area contributed by atoms with Gasteiger partial charge in [0.2, 0.25) is 0 Å². The smallest absolute Gasteiger partial charge is 0.147 e. The first-order chi connectivity index (χ1) is 8.04. The first kappa shape index (κ1) is 11.9. The lowest BCUT2D eigenvalue weighted by atomic mass is 9.99. The largest absolute Gasteiger partial charge is 0.348 e. The van der Waals surface area contributed by atoms with Crippen LogP contribution in [0.2, 0.25) is 0 Å². The molecule has 1 aromatic heterocycles. The second-order valence-corrected chi connectivity index (χ2v) is 5.08. The molecule has 2 heterocycles. The summed E-state index contributed by atoms with van der Waals surface area (Å²) in [6, 6.07) is 5.98. The third-order valence-electron chi connectivity index (χ3n) is 3.19. The molecule has 0 unspecified atom stereocenters. The summed E-state index contributed by atoms with van der Waals surface area (Å²) in [7, 11) is 0. The number of aromatic nitrogens is 1. The van der Waals surface area contributed by atoms with Crippen LogP contribution in [0.3, 0.4) is 0 Å². The molecule has 1 aromatic rings. The van der Waals surface area contributed by atoms with Crippen molar-refractivity contribution < 1.29 is 0 Å². The summed E-state index contributed by atoms with van der Waals surface area (Å²) in [6.45, 7) is 9.03. The van der Waals surface area contributed by atoms with Gasteiger partial charge in [0.05, 0.1) is 5.56 Å². The number of nitrogens with zero attached hydrogens (tertiary/aromatic N) is 3. The Morgan fingerprint density at radius 3 is 2.88 bits per heavy atom. The van der Waals surface area contributed by atoms with Crippen LogP contribution >= 0.6 is 0 Å². The number of nitriles is 1. The monoisotopic (exact) mass is 230 g/mol. The maximum absolute atomic E-state index is 9.18. The minimum atomic E-state index is -0.00928. The molecule has 0 aromatic carbocycles. The van der Waals surface area contributed by atoms with Gasteiger partial charge in [-0.15, -0.1) is 0 Å². The normalized spacial score (nSPS) is 18.8. The summed E-state index contributed by atoms with van der Waals surface area (Å²) in [5.41, 5.74) is 1.60. The zero-order chi connectivity index (χ0) is 12.5. The van der Waals surface area contributed by atoms with Crippen molar-refractivity contribution in [2.45, 2.75) is 26.3 Å². The predicted octanol–water partition coefficient (Wildman–Crippen LogP) is 1.45. The first-order valence-electron chi connectivity index (χ1n) is 5.91. The van der Waals surface area contributed by atoms with Crippen LogP contribution in [0.15, 0.2) is 12.1 Å². The molecule has 0 atom stereocenters. The van der Waals surface area contributed by atoms with Crippen molar-refractivity contribution in [2.24, 2.45) is 0 Å². The Morgan fingerprint density at radius 1 is 1.47 bits per heavy atom. The number of piperazine rings is 1. The predicted molar refractivity (Wildman–Crippen MR) is 68.0 cm³/mol. The third kappa shape index (κ3) is 2.25. The fraction of sp³-hybridized carbons (Fsp3) is 0.538. The topological polar surface area (TPSA) is 52.0 Å². The van der Waals surface area contributed by atoms with Crippen molar-refractivity contribution in [1.82, 2.24) is 10.3 Å². The van der Waals surface area contributed by atoms with E-state index in [1.165, 1.54) is 0 Å². The molecule has 4 heteroatoms. The standard InChI is InChI=1S/C13H18N4/c1-10-4-5-11(8-14)12(16-10)17-7-6-15-9-13(17,2)3/h4-5,15H,6-7,9H2,1-3H3. The van der Waals surface area contributed by atoms with Crippen LogP contribution in [0.25, 0.3) is 0 Å². The van der Waals surface area contributed by atoms with E-state index in [0.717, 1.165) is 31.1 Å². The molecule has 0 radical (unpaired) electrons. The van der Waals surface area contributed by atoms with Gasteiger partial charge in [0.1, 0.15) is 11.9 Å². The fourth-order valence-corrected chi connectivity index (χ4v) is 2.21. The van der Waals surface area contributed by atoms with Crippen LogP contribution in [0.5, 0.6) is 0 Å². The number of pyridine rings is 1. The van der Waals surface area contributed by atoms with E-state index in [9.17, 15) is 5.26 Å². The fourth-order valence-electron chi connectivity index (χ4n) is 2.21. The van der Waals surface area contributed by atoms with E-state index in [0.29, 0.717) is 5.56 Å². The molecule has 2 rings (SSSR count). The van der Waals surface area contributed by atoms with Crippen molar-refractivity contribution in [3.05, 3.63) is 23.4 Å². The van der Waals surface area contributed by atoms with Gasteiger partial charge < -0.3 is 10.2 Å². The van der Waals surface area contributed by atoms with Crippen LogP contribution in [0, 0.1) is 18.3 Å². The average Bonchev–Trinajstić information content (AvgIpc) is 2.28. The number of rotatable bonds is 1. The summed E-state index contributed by atoms with van der Waals surface area (Å²) in [6.07, 6.45) is 0. The first-order valence-corrected chi connectivity index (χ1v) is 5.91. The average molecular weight is 230 g/mol. The Hall–Kier alpha value is -1.60. The highest BCUT2D eigenvalue weighted by Crippen LogP contribution is 2.26. The molecule has 1 aliphatic heterocycles. The van der Waals surface area contributed by atoms with E-state index in [2.05, 4.69) is 35.1 Å². The van der Waals surface area contributed by atoms with Crippen molar-refractivity contribution in [3.8, 4) is 6.07 Å². The zero-order valence-corrected chi connectivity index (χ0v) is 10.6. The van der Waals surface area contributed by atoms with Crippen LogP contribution in [-0.4, -0.2) is 30.2 Å². The molecule has 0 saturated carbocycles. The van der Waals surface area contributed by atoms with Crippen LogP contribution in [0.4, 0.5) is 5.82 Å².